The molecule has 0 aliphatic heterocycles. The summed E-state index contributed by atoms with van der Waals surface area (Å²) in [6.07, 6.45) is 0.829. The Kier molecular flexibility index (Phi) is 4.04. The highest BCUT2D eigenvalue weighted by atomic mass is 32.2. The fourth-order valence-corrected chi connectivity index (χ4v) is 2.89. The fraction of sp³-hybridized carbons (Fsp3) is 0.429. The van der Waals surface area contributed by atoms with Crippen LogP contribution in [0.5, 0.6) is 0 Å². The number of nitrogens with zero attached hydrogens (tertiary/aromatic N) is 2. The molecule has 0 radical (unpaired) electrons. The molecule has 0 spiro atoms. The summed E-state index contributed by atoms with van der Waals surface area (Å²) >= 11 is 1.12. The minimum absolute atomic E-state index is 0.0925. The normalized spacial score (nSPS) is 12.0. The van der Waals surface area contributed by atoms with Gasteiger partial charge in [0.25, 0.3) is 0 Å². The van der Waals surface area contributed by atoms with Crippen LogP contribution in [0.4, 0.5) is 4.39 Å². The van der Waals surface area contributed by atoms with Crippen molar-refractivity contribution in [2.24, 2.45) is 0 Å². The molecule has 20 heavy (non-hydrogen) atoms. The van der Waals surface area contributed by atoms with Crippen molar-refractivity contribution in [1.82, 2.24) is 9.55 Å². The van der Waals surface area contributed by atoms with Gasteiger partial charge in [0.05, 0.1) is 11.3 Å². The van der Waals surface area contributed by atoms with E-state index >= 15 is 0 Å². The number of carboxylic acid groups (broad SMARTS) is 1. The Morgan fingerprint density at radius 2 is 2.20 bits per heavy atom. The number of carboxylic acids is 1. The van der Waals surface area contributed by atoms with Crippen LogP contribution < -0.4 is 0 Å². The van der Waals surface area contributed by atoms with Gasteiger partial charge < -0.3 is 9.67 Å². The molecule has 1 heterocycles. The van der Waals surface area contributed by atoms with Gasteiger partial charge >= 0.3 is 5.97 Å². The average molecular weight is 296 g/mol. The number of hydrogen-bond acceptors (Lipinski definition) is 3. The third-order valence-electron chi connectivity index (χ3n) is 3.40. The maximum absolute atomic E-state index is 13.9. The van der Waals surface area contributed by atoms with E-state index in [9.17, 15) is 9.18 Å². The Hall–Kier alpha value is -1.56. The van der Waals surface area contributed by atoms with Gasteiger partial charge in [0.15, 0.2) is 11.0 Å². The van der Waals surface area contributed by atoms with Crippen molar-refractivity contribution in [2.45, 2.75) is 37.9 Å². The van der Waals surface area contributed by atoms with Crippen molar-refractivity contribution < 1.29 is 14.3 Å². The first-order valence-electron chi connectivity index (χ1n) is 6.39. The van der Waals surface area contributed by atoms with Crippen LogP contribution in [0.25, 0.3) is 11.0 Å². The average Bonchev–Trinajstić information content (AvgIpc) is 2.77. The number of rotatable bonds is 5. The van der Waals surface area contributed by atoms with Gasteiger partial charge in [0.1, 0.15) is 5.52 Å². The summed E-state index contributed by atoms with van der Waals surface area (Å²) < 4.78 is 15.8. The monoisotopic (exact) mass is 296 g/mol. The molecule has 1 N–H and O–H groups in total. The van der Waals surface area contributed by atoms with Gasteiger partial charge in [-0.3, -0.25) is 4.79 Å². The molecule has 2 rings (SSSR count). The smallest absolute Gasteiger partial charge is 0.313 e. The van der Waals surface area contributed by atoms with Crippen LogP contribution >= 0.6 is 11.8 Å². The van der Waals surface area contributed by atoms with Crippen LogP contribution in [0.1, 0.15) is 27.2 Å². The summed E-state index contributed by atoms with van der Waals surface area (Å²) in [5.74, 6) is -1.39. The van der Waals surface area contributed by atoms with E-state index in [1.807, 2.05) is 31.4 Å². The van der Waals surface area contributed by atoms with E-state index in [0.29, 0.717) is 16.2 Å². The number of aromatic nitrogens is 2. The second-order valence-corrected chi connectivity index (χ2v) is 6.13. The Balaban J connectivity index is 2.63. The lowest BCUT2D eigenvalue weighted by molar-refractivity contribution is -0.133. The molecule has 2 aromatic rings. The summed E-state index contributed by atoms with van der Waals surface area (Å²) in [5.41, 5.74) is 0.732. The first-order valence-corrected chi connectivity index (χ1v) is 7.37. The lowest BCUT2D eigenvalue weighted by atomic mass is 10.0. The predicted octanol–water partition coefficient (Wildman–Crippen LogP) is 3.50. The number of hydrogen-bond donors (Lipinski definition) is 1. The fourth-order valence-electron chi connectivity index (χ4n) is 2.01. The topological polar surface area (TPSA) is 55.1 Å². The zero-order valence-corrected chi connectivity index (χ0v) is 12.5. The molecule has 1 aromatic carbocycles. The van der Waals surface area contributed by atoms with Gasteiger partial charge in [-0.15, -0.1) is 0 Å². The van der Waals surface area contributed by atoms with E-state index in [2.05, 4.69) is 4.98 Å². The van der Waals surface area contributed by atoms with Crippen molar-refractivity contribution in [3.8, 4) is 0 Å². The van der Waals surface area contributed by atoms with E-state index in [4.69, 9.17) is 5.11 Å². The first kappa shape index (κ1) is 14.8. The largest absolute Gasteiger partial charge is 0.481 e. The molecule has 6 heteroatoms. The number of fused-ring (bicyclic) bond motifs is 1. The van der Waals surface area contributed by atoms with Crippen molar-refractivity contribution >= 4 is 28.8 Å². The quantitative estimate of drug-likeness (QED) is 0.858. The third kappa shape index (κ3) is 2.65. The van der Waals surface area contributed by atoms with Gasteiger partial charge in [0.2, 0.25) is 0 Å². The van der Waals surface area contributed by atoms with Gasteiger partial charge in [0, 0.05) is 5.54 Å². The maximum Gasteiger partial charge on any atom is 0.313 e. The summed E-state index contributed by atoms with van der Waals surface area (Å²) in [6.45, 7) is 6.10. The minimum Gasteiger partial charge on any atom is -0.481 e. The van der Waals surface area contributed by atoms with Crippen LogP contribution in [-0.4, -0.2) is 26.4 Å². The molecule has 0 fully saturated rings. The summed E-state index contributed by atoms with van der Waals surface area (Å²) in [5, 5.41) is 9.36. The molecule has 0 amide bonds. The number of para-hydroxylation sites is 1. The Morgan fingerprint density at radius 1 is 1.50 bits per heavy atom. The lowest BCUT2D eigenvalue weighted by Gasteiger charge is -2.27. The summed E-state index contributed by atoms with van der Waals surface area (Å²) in [4.78, 5) is 15.0. The van der Waals surface area contributed by atoms with Crippen molar-refractivity contribution in [1.29, 1.82) is 0 Å². The molecule has 0 bridgehead atoms. The number of carbonyl (C=O) groups is 1. The molecule has 0 unspecified atom stereocenters. The van der Waals surface area contributed by atoms with E-state index < -0.39 is 5.97 Å². The molecule has 4 nitrogen and oxygen atoms in total. The van der Waals surface area contributed by atoms with Crippen LogP contribution in [0.3, 0.4) is 0 Å². The highest BCUT2D eigenvalue weighted by molar-refractivity contribution is 7.99. The molecule has 0 saturated heterocycles. The second kappa shape index (κ2) is 5.44. The van der Waals surface area contributed by atoms with E-state index in [1.54, 1.807) is 6.07 Å². The molecule has 0 atom stereocenters. The van der Waals surface area contributed by atoms with Gasteiger partial charge in [-0.2, -0.15) is 0 Å². The van der Waals surface area contributed by atoms with Crippen molar-refractivity contribution in [3.63, 3.8) is 0 Å². The van der Waals surface area contributed by atoms with E-state index in [1.165, 1.54) is 6.07 Å². The van der Waals surface area contributed by atoms with Crippen LogP contribution in [0.2, 0.25) is 0 Å². The highest BCUT2D eigenvalue weighted by Gasteiger charge is 2.26. The standard InChI is InChI=1S/C14H17FN2O2S/c1-4-14(2,3)17-10-7-5-6-9(15)12(10)16-13(17)20-8-11(18)19/h5-7H,4,8H2,1-3H3,(H,18,19). The zero-order chi connectivity index (χ0) is 14.9. The number of benzene rings is 1. The SMILES string of the molecule is CCC(C)(C)n1c(SCC(=O)O)nc2c(F)cccc21. The number of halogens is 1. The van der Waals surface area contributed by atoms with Gasteiger partial charge in [-0.25, -0.2) is 9.37 Å². The van der Waals surface area contributed by atoms with E-state index in [0.717, 1.165) is 18.2 Å². The second-order valence-electron chi connectivity index (χ2n) is 5.19. The lowest BCUT2D eigenvalue weighted by Crippen LogP contribution is -2.26. The summed E-state index contributed by atoms with van der Waals surface area (Å²) in [7, 11) is 0. The predicted molar refractivity (Wildman–Crippen MR) is 77.7 cm³/mol. The maximum atomic E-state index is 13.9. The van der Waals surface area contributed by atoms with Crippen LogP contribution in [0.15, 0.2) is 23.4 Å². The molecular weight excluding hydrogens is 279 g/mol. The minimum atomic E-state index is -0.914. The Bertz CT molecular complexity index is 652. The third-order valence-corrected chi connectivity index (χ3v) is 4.32. The number of aliphatic carboxylic acids is 1. The molecule has 108 valence electrons. The van der Waals surface area contributed by atoms with Crippen molar-refractivity contribution in [2.75, 3.05) is 5.75 Å². The molecule has 1 aromatic heterocycles. The van der Waals surface area contributed by atoms with Gasteiger partial charge in [-0.1, -0.05) is 24.8 Å². The van der Waals surface area contributed by atoms with Crippen LogP contribution in [0, 0.1) is 5.82 Å². The molecular formula is C14H17FN2O2S. The van der Waals surface area contributed by atoms with Crippen molar-refractivity contribution in [3.05, 3.63) is 24.0 Å². The molecule has 0 aliphatic carbocycles. The van der Waals surface area contributed by atoms with E-state index in [-0.39, 0.29) is 17.1 Å². The zero-order valence-electron chi connectivity index (χ0n) is 11.7. The molecule has 0 saturated carbocycles. The molecule has 0 aliphatic rings. The number of imidazole rings is 1. The van der Waals surface area contributed by atoms with Gasteiger partial charge in [-0.05, 0) is 32.4 Å². The Labute approximate surface area is 121 Å². The first-order chi connectivity index (χ1) is 9.36. The highest BCUT2D eigenvalue weighted by Crippen LogP contribution is 2.33. The Morgan fingerprint density at radius 3 is 2.80 bits per heavy atom. The number of thioether (sulfide) groups is 1. The van der Waals surface area contributed by atoms with Crippen LogP contribution in [-0.2, 0) is 10.3 Å². The summed E-state index contributed by atoms with van der Waals surface area (Å²) in [6, 6.07) is 4.82.